The summed E-state index contributed by atoms with van der Waals surface area (Å²) in [7, 11) is 0. The van der Waals surface area contributed by atoms with Gasteiger partial charge in [-0.05, 0) is 18.6 Å². The number of carbonyl (C=O) groups excluding carboxylic acids is 2. The van der Waals surface area contributed by atoms with Crippen LogP contribution in [0.4, 0.5) is 0 Å². The summed E-state index contributed by atoms with van der Waals surface area (Å²) in [6.45, 7) is 5.44. The molecule has 0 amide bonds. The quantitative estimate of drug-likeness (QED) is 0.0821. The highest BCUT2D eigenvalue weighted by Gasteiger charge is 2.17. The predicted molar refractivity (Wildman–Crippen MR) is 130 cm³/mol. The summed E-state index contributed by atoms with van der Waals surface area (Å²) in [5, 5.41) is 4.02. The van der Waals surface area contributed by atoms with Crippen molar-refractivity contribution in [1.82, 2.24) is 0 Å². The number of oxime groups is 1. The first-order valence-electron chi connectivity index (χ1n) is 11.8. The summed E-state index contributed by atoms with van der Waals surface area (Å²) in [4.78, 5) is 28.0. The Morgan fingerprint density at radius 1 is 0.818 bits per heavy atom. The maximum atomic E-state index is 11.7. The molecule has 0 aromatic heterocycles. The van der Waals surface area contributed by atoms with Crippen LogP contribution in [0.2, 0.25) is 0 Å². The van der Waals surface area contributed by atoms with Gasteiger partial charge in [0.25, 0.3) is 0 Å². The van der Waals surface area contributed by atoms with Crippen LogP contribution in [0.5, 0.6) is 11.5 Å². The molecule has 6 heteroatoms. The molecule has 0 saturated carbocycles. The minimum atomic E-state index is -0.539. The molecule has 0 fully saturated rings. The number of rotatable bonds is 14. The van der Waals surface area contributed by atoms with E-state index in [0.29, 0.717) is 29.4 Å². The first-order valence-corrected chi connectivity index (χ1v) is 11.8. The molecule has 0 saturated heterocycles. The lowest BCUT2D eigenvalue weighted by molar-refractivity contribution is -0.141. The van der Waals surface area contributed by atoms with Gasteiger partial charge in [-0.3, -0.25) is 4.79 Å². The molecule has 2 aromatic rings. The van der Waals surface area contributed by atoms with Gasteiger partial charge >= 0.3 is 11.9 Å². The molecule has 0 bridgehead atoms. The lowest BCUT2D eigenvalue weighted by Crippen LogP contribution is -2.11. The van der Waals surface area contributed by atoms with Crippen LogP contribution >= 0.6 is 0 Å². The molecule has 0 aliphatic heterocycles. The van der Waals surface area contributed by atoms with E-state index in [1.54, 1.807) is 18.2 Å². The van der Waals surface area contributed by atoms with Crippen LogP contribution in [0, 0.1) is 0 Å². The molecule has 0 N–H and O–H groups in total. The van der Waals surface area contributed by atoms with Gasteiger partial charge in [0.15, 0.2) is 0 Å². The highest BCUT2D eigenvalue weighted by Crippen LogP contribution is 2.28. The number of ether oxygens (including phenoxy) is 2. The maximum Gasteiger partial charge on any atom is 0.332 e. The van der Waals surface area contributed by atoms with Gasteiger partial charge in [0.2, 0.25) is 0 Å². The van der Waals surface area contributed by atoms with Gasteiger partial charge in [-0.2, -0.15) is 0 Å². The third-order valence-electron chi connectivity index (χ3n) is 5.04. The molecule has 2 rings (SSSR count). The first-order chi connectivity index (χ1) is 16.0. The van der Waals surface area contributed by atoms with Crippen LogP contribution in [-0.4, -0.2) is 24.3 Å². The van der Waals surface area contributed by atoms with Crippen LogP contribution < -0.4 is 9.47 Å². The van der Waals surface area contributed by atoms with Crippen molar-refractivity contribution in [1.29, 1.82) is 0 Å². The summed E-state index contributed by atoms with van der Waals surface area (Å²) in [5.74, 6) is -0.0947. The van der Waals surface area contributed by atoms with Crippen LogP contribution in [0.3, 0.4) is 0 Å². The molecule has 0 atom stereocenters. The van der Waals surface area contributed by atoms with Crippen LogP contribution in [-0.2, 0) is 14.4 Å². The first kappa shape index (κ1) is 26.1. The minimum absolute atomic E-state index is 0.297. The van der Waals surface area contributed by atoms with Gasteiger partial charge in [0.05, 0.1) is 6.61 Å². The van der Waals surface area contributed by atoms with Gasteiger partial charge in [0, 0.05) is 31.0 Å². The van der Waals surface area contributed by atoms with Gasteiger partial charge < -0.3 is 14.3 Å². The molecule has 0 aliphatic rings. The van der Waals surface area contributed by atoms with E-state index in [2.05, 4.69) is 12.1 Å². The number of benzene rings is 2. The van der Waals surface area contributed by atoms with Crippen molar-refractivity contribution in [3.8, 4) is 11.5 Å². The van der Waals surface area contributed by atoms with Crippen LogP contribution in [0.25, 0.3) is 0 Å². The van der Waals surface area contributed by atoms with E-state index in [1.165, 1.54) is 52.4 Å². The molecule has 2 aromatic carbocycles. The van der Waals surface area contributed by atoms with Crippen molar-refractivity contribution >= 4 is 17.7 Å². The topological polar surface area (TPSA) is 74.2 Å². The highest BCUT2D eigenvalue weighted by atomic mass is 16.7. The lowest BCUT2D eigenvalue weighted by atomic mass is 10.0. The second-order valence-electron chi connectivity index (χ2n) is 7.96. The summed E-state index contributed by atoms with van der Waals surface area (Å²) >= 11 is 0. The zero-order chi connectivity index (χ0) is 23.9. The highest BCUT2D eigenvalue weighted by molar-refractivity contribution is 6.14. The summed E-state index contributed by atoms with van der Waals surface area (Å²) in [6, 6.07) is 14.5. The Morgan fingerprint density at radius 3 is 2.12 bits per heavy atom. The van der Waals surface area contributed by atoms with E-state index >= 15 is 0 Å². The van der Waals surface area contributed by atoms with Crippen molar-refractivity contribution in [2.45, 2.75) is 72.1 Å². The second kappa shape index (κ2) is 14.8. The van der Waals surface area contributed by atoms with Gasteiger partial charge in [0.1, 0.15) is 17.2 Å². The summed E-state index contributed by atoms with van der Waals surface area (Å²) in [5.41, 5.74) is 1.63. The van der Waals surface area contributed by atoms with Crippen molar-refractivity contribution in [2.24, 2.45) is 5.16 Å². The summed E-state index contributed by atoms with van der Waals surface area (Å²) < 4.78 is 11.3. The Bertz CT molecular complexity index is 908. The zero-order valence-corrected chi connectivity index (χ0v) is 20.0. The molecule has 33 heavy (non-hydrogen) atoms. The second-order valence-corrected chi connectivity index (χ2v) is 7.96. The molecular formula is C27H35NO5. The lowest BCUT2D eigenvalue weighted by Gasteiger charge is -2.14. The van der Waals surface area contributed by atoms with E-state index in [0.717, 1.165) is 18.4 Å². The molecule has 6 nitrogen and oxygen atoms in total. The van der Waals surface area contributed by atoms with E-state index < -0.39 is 11.9 Å². The van der Waals surface area contributed by atoms with Crippen molar-refractivity contribution in [3.05, 3.63) is 59.7 Å². The molecule has 0 spiro atoms. The molecule has 178 valence electrons. The third-order valence-corrected chi connectivity index (χ3v) is 5.04. The molecule has 0 unspecified atom stereocenters. The van der Waals surface area contributed by atoms with Crippen molar-refractivity contribution < 1.29 is 23.9 Å². The zero-order valence-electron chi connectivity index (χ0n) is 20.0. The largest absolute Gasteiger partial charge is 0.493 e. The Hall–Kier alpha value is -3.15. The fourth-order valence-corrected chi connectivity index (χ4v) is 3.42. The Balaban J connectivity index is 2.08. The van der Waals surface area contributed by atoms with Gasteiger partial charge in [-0.1, -0.05) is 87.4 Å². The average Bonchev–Trinajstić information content (AvgIpc) is 2.79. The van der Waals surface area contributed by atoms with E-state index in [9.17, 15) is 9.59 Å². The molecule has 0 heterocycles. The minimum Gasteiger partial charge on any atom is -0.493 e. The van der Waals surface area contributed by atoms with E-state index in [4.69, 9.17) is 14.3 Å². The maximum absolute atomic E-state index is 11.7. The molecule has 0 aliphatic carbocycles. The monoisotopic (exact) mass is 453 g/mol. The Labute approximate surface area is 196 Å². The van der Waals surface area contributed by atoms with Crippen molar-refractivity contribution in [3.63, 3.8) is 0 Å². The normalized spacial score (nSPS) is 11.2. The Kier molecular flexibility index (Phi) is 11.7. The van der Waals surface area contributed by atoms with Crippen molar-refractivity contribution in [2.75, 3.05) is 6.61 Å². The fraction of sp³-hybridized carbons (Fsp3) is 0.444. The standard InChI is InChI=1S/C27H35NO5/c1-4-5-6-7-8-9-10-14-19-31-24-17-18-25(26(20-24)32-21(2)29)27(28-33-22(3)30)23-15-12-11-13-16-23/h11-13,15-18,20H,4-10,14,19H2,1-3H3. The van der Waals surface area contributed by atoms with Gasteiger partial charge in [-0.25, -0.2) is 4.79 Å². The number of unbranched alkanes of at least 4 members (excludes halogenated alkanes) is 7. The number of nitrogens with zero attached hydrogens (tertiary/aromatic N) is 1. The smallest absolute Gasteiger partial charge is 0.332 e. The summed E-state index contributed by atoms with van der Waals surface area (Å²) in [6.07, 6.45) is 9.82. The number of hydrogen-bond donors (Lipinski definition) is 0. The van der Waals surface area contributed by atoms with Gasteiger partial charge in [-0.15, -0.1) is 0 Å². The fourth-order valence-electron chi connectivity index (χ4n) is 3.42. The van der Waals surface area contributed by atoms with Crippen LogP contribution in [0.1, 0.15) is 83.3 Å². The Morgan fingerprint density at radius 2 is 1.48 bits per heavy atom. The third kappa shape index (κ3) is 9.89. The van der Waals surface area contributed by atoms with E-state index in [1.807, 2.05) is 30.3 Å². The number of esters is 1. The SMILES string of the molecule is CCCCCCCCCCOc1ccc(C(=NOC(C)=O)c2ccccc2)c(OC(C)=O)c1. The van der Waals surface area contributed by atoms with E-state index in [-0.39, 0.29) is 0 Å². The average molecular weight is 454 g/mol. The predicted octanol–water partition coefficient (Wildman–Crippen LogP) is 6.45. The molecular weight excluding hydrogens is 418 g/mol. The number of hydrogen-bond acceptors (Lipinski definition) is 6. The van der Waals surface area contributed by atoms with Crippen LogP contribution in [0.15, 0.2) is 53.7 Å². The molecule has 0 radical (unpaired) electrons. The number of carbonyl (C=O) groups is 2.